The van der Waals surface area contributed by atoms with Crippen molar-refractivity contribution in [1.29, 1.82) is 0 Å². The number of aromatic nitrogens is 4. The van der Waals surface area contributed by atoms with Gasteiger partial charge in [-0.3, -0.25) is 4.98 Å². The van der Waals surface area contributed by atoms with E-state index in [0.717, 1.165) is 27.8 Å². The maximum absolute atomic E-state index is 6.35. The summed E-state index contributed by atoms with van der Waals surface area (Å²) in [6.45, 7) is 5.91. The molecule has 2 fully saturated rings. The molecule has 0 spiro atoms. The lowest BCUT2D eigenvalue weighted by Gasteiger charge is -2.24. The molecular formula is C25H25N5O3. The van der Waals surface area contributed by atoms with Crippen molar-refractivity contribution in [2.24, 2.45) is 0 Å². The van der Waals surface area contributed by atoms with E-state index in [1.807, 2.05) is 51.1 Å². The Kier molecular flexibility index (Phi) is 4.69. The maximum Gasteiger partial charge on any atom is 0.164 e. The van der Waals surface area contributed by atoms with Gasteiger partial charge in [0.1, 0.15) is 30.0 Å². The Morgan fingerprint density at radius 1 is 1.00 bits per heavy atom. The Balaban J connectivity index is 1.52. The average Bonchev–Trinajstić information content (AvgIpc) is 3.45. The summed E-state index contributed by atoms with van der Waals surface area (Å²) in [5, 5.41) is 4.31. The first kappa shape index (κ1) is 20.3. The van der Waals surface area contributed by atoms with Gasteiger partial charge >= 0.3 is 0 Å². The van der Waals surface area contributed by atoms with Gasteiger partial charge in [0.25, 0.3) is 0 Å². The number of hydrogen-bond donors (Lipinski definition) is 1. The van der Waals surface area contributed by atoms with Gasteiger partial charge in [0.05, 0.1) is 23.4 Å². The molecule has 2 aliphatic rings. The molecule has 0 aliphatic carbocycles. The lowest BCUT2D eigenvalue weighted by molar-refractivity contribution is -0.194. The van der Waals surface area contributed by atoms with Crippen LogP contribution in [0.1, 0.15) is 27.0 Å². The van der Waals surface area contributed by atoms with Crippen LogP contribution in [-0.2, 0) is 14.2 Å². The monoisotopic (exact) mass is 443 g/mol. The number of nitrogens with zero attached hydrogens (tertiary/aromatic N) is 4. The molecule has 0 saturated carbocycles. The highest BCUT2D eigenvalue weighted by Crippen LogP contribution is 2.45. The molecule has 0 amide bonds. The number of pyridine rings is 1. The summed E-state index contributed by atoms with van der Waals surface area (Å²) >= 11 is 0. The standard InChI is InChI=1S/C25H25N5O3/c1-15-20-21(33-25(2,3)32-20)24(31-15)30-13-18(16-8-5-4-6-9-16)19-22(27-14-28-23(19)30)29-17-10-7-11-26-12-17/h4-15,20-21,24H,1-3H3,(H,27,28,29)/t15-,20-,21-,24-/m1/s1. The summed E-state index contributed by atoms with van der Waals surface area (Å²) in [5.41, 5.74) is 3.69. The topological polar surface area (TPSA) is 83.3 Å². The molecule has 0 unspecified atom stereocenters. The van der Waals surface area contributed by atoms with Crippen LogP contribution in [0, 0.1) is 0 Å². The number of anilines is 2. The number of ether oxygens (including phenoxy) is 3. The van der Waals surface area contributed by atoms with E-state index in [-0.39, 0.29) is 24.5 Å². The number of hydrogen-bond acceptors (Lipinski definition) is 7. The predicted molar refractivity (Wildman–Crippen MR) is 124 cm³/mol. The third kappa shape index (κ3) is 3.47. The molecule has 8 heteroatoms. The van der Waals surface area contributed by atoms with Crippen molar-refractivity contribution in [3.05, 3.63) is 67.4 Å². The van der Waals surface area contributed by atoms with Crippen molar-refractivity contribution < 1.29 is 14.2 Å². The van der Waals surface area contributed by atoms with Gasteiger partial charge in [-0.15, -0.1) is 0 Å². The van der Waals surface area contributed by atoms with Gasteiger partial charge in [0.2, 0.25) is 0 Å². The lowest BCUT2D eigenvalue weighted by Crippen LogP contribution is -2.27. The minimum absolute atomic E-state index is 0.103. The van der Waals surface area contributed by atoms with Gasteiger partial charge in [0, 0.05) is 18.0 Å². The summed E-state index contributed by atoms with van der Waals surface area (Å²) in [4.78, 5) is 13.4. The van der Waals surface area contributed by atoms with E-state index >= 15 is 0 Å². The first-order valence-electron chi connectivity index (χ1n) is 11.1. The van der Waals surface area contributed by atoms with Crippen LogP contribution >= 0.6 is 0 Å². The third-order valence-electron chi connectivity index (χ3n) is 6.15. The second-order valence-corrected chi connectivity index (χ2v) is 8.90. The Morgan fingerprint density at radius 3 is 2.61 bits per heavy atom. The third-order valence-corrected chi connectivity index (χ3v) is 6.15. The Labute approximate surface area is 191 Å². The van der Waals surface area contributed by atoms with E-state index in [9.17, 15) is 0 Å². The molecule has 2 aliphatic heterocycles. The molecule has 4 atom stereocenters. The number of fused-ring (bicyclic) bond motifs is 2. The Hall–Kier alpha value is -3.33. The zero-order chi connectivity index (χ0) is 22.6. The van der Waals surface area contributed by atoms with Crippen LogP contribution < -0.4 is 5.32 Å². The van der Waals surface area contributed by atoms with Gasteiger partial charge < -0.3 is 24.1 Å². The van der Waals surface area contributed by atoms with E-state index in [1.54, 1.807) is 18.7 Å². The fourth-order valence-electron chi connectivity index (χ4n) is 4.78. The fraction of sp³-hybridized carbons (Fsp3) is 0.320. The molecule has 4 aromatic rings. The van der Waals surface area contributed by atoms with Gasteiger partial charge in [-0.25, -0.2) is 9.97 Å². The molecule has 0 bridgehead atoms. The van der Waals surface area contributed by atoms with Crippen molar-refractivity contribution in [3.8, 4) is 11.1 Å². The number of rotatable bonds is 4. The normalized spacial score (nSPS) is 25.9. The van der Waals surface area contributed by atoms with Gasteiger partial charge in [-0.2, -0.15) is 0 Å². The van der Waals surface area contributed by atoms with Crippen LogP contribution in [-0.4, -0.2) is 43.6 Å². The molecule has 1 aromatic carbocycles. The first-order chi connectivity index (χ1) is 16.0. The molecule has 2 saturated heterocycles. The van der Waals surface area contributed by atoms with Crippen molar-refractivity contribution in [2.75, 3.05) is 5.32 Å². The Morgan fingerprint density at radius 2 is 1.82 bits per heavy atom. The summed E-state index contributed by atoms with van der Waals surface area (Å²) in [6.07, 6.45) is 6.31. The molecule has 168 valence electrons. The largest absolute Gasteiger partial charge is 0.349 e. The summed E-state index contributed by atoms with van der Waals surface area (Å²) in [7, 11) is 0. The second-order valence-electron chi connectivity index (χ2n) is 8.90. The van der Waals surface area contributed by atoms with Crippen LogP contribution in [0.25, 0.3) is 22.2 Å². The zero-order valence-electron chi connectivity index (χ0n) is 18.7. The van der Waals surface area contributed by atoms with Crippen LogP contribution in [0.3, 0.4) is 0 Å². The van der Waals surface area contributed by atoms with E-state index in [4.69, 9.17) is 14.2 Å². The van der Waals surface area contributed by atoms with Crippen molar-refractivity contribution in [3.63, 3.8) is 0 Å². The lowest BCUT2D eigenvalue weighted by atomic mass is 10.1. The molecule has 6 rings (SSSR count). The predicted octanol–water partition coefficient (Wildman–Crippen LogP) is 4.67. The summed E-state index contributed by atoms with van der Waals surface area (Å²) in [5.74, 6) is 0.0517. The molecule has 1 N–H and O–H groups in total. The number of nitrogens with one attached hydrogen (secondary N) is 1. The molecule has 5 heterocycles. The average molecular weight is 444 g/mol. The minimum Gasteiger partial charge on any atom is -0.349 e. The highest BCUT2D eigenvalue weighted by molar-refractivity contribution is 6.02. The highest BCUT2D eigenvalue weighted by Gasteiger charge is 2.54. The van der Waals surface area contributed by atoms with E-state index in [1.165, 1.54) is 0 Å². The maximum atomic E-state index is 6.35. The van der Waals surface area contributed by atoms with Crippen LogP contribution in [0.4, 0.5) is 11.5 Å². The Bertz CT molecular complexity index is 1290. The van der Waals surface area contributed by atoms with Crippen molar-refractivity contribution >= 4 is 22.5 Å². The number of benzene rings is 1. The molecule has 0 radical (unpaired) electrons. The van der Waals surface area contributed by atoms with Crippen LogP contribution in [0.15, 0.2) is 67.4 Å². The molecule has 33 heavy (non-hydrogen) atoms. The first-order valence-corrected chi connectivity index (χ1v) is 11.1. The second kappa shape index (κ2) is 7.62. The van der Waals surface area contributed by atoms with Gasteiger partial charge in [-0.05, 0) is 38.5 Å². The molecule has 8 nitrogen and oxygen atoms in total. The molecular weight excluding hydrogens is 418 g/mol. The van der Waals surface area contributed by atoms with Crippen molar-refractivity contribution in [2.45, 2.75) is 51.1 Å². The van der Waals surface area contributed by atoms with E-state index in [2.05, 4.69) is 43.2 Å². The van der Waals surface area contributed by atoms with E-state index < -0.39 is 5.79 Å². The fourth-order valence-corrected chi connectivity index (χ4v) is 4.78. The SMILES string of the molecule is C[C@H]1O[C@@H](n2cc(-c3ccccc3)c3c(Nc4cccnc4)ncnc32)[C@@H]2OC(C)(C)O[C@@H]21. The van der Waals surface area contributed by atoms with Crippen LogP contribution in [0.5, 0.6) is 0 Å². The van der Waals surface area contributed by atoms with Gasteiger partial charge in [0.15, 0.2) is 12.0 Å². The zero-order valence-corrected chi connectivity index (χ0v) is 18.7. The highest BCUT2D eigenvalue weighted by atomic mass is 16.8. The summed E-state index contributed by atoms with van der Waals surface area (Å²) in [6, 6.07) is 14.1. The smallest absolute Gasteiger partial charge is 0.164 e. The quantitative estimate of drug-likeness (QED) is 0.490. The van der Waals surface area contributed by atoms with Gasteiger partial charge in [-0.1, -0.05) is 30.3 Å². The minimum atomic E-state index is -0.654. The van der Waals surface area contributed by atoms with Crippen LogP contribution in [0.2, 0.25) is 0 Å². The molecule has 3 aromatic heterocycles. The summed E-state index contributed by atoms with van der Waals surface area (Å²) < 4.78 is 20.8. The van der Waals surface area contributed by atoms with E-state index in [0.29, 0.717) is 5.82 Å². The van der Waals surface area contributed by atoms with Crippen molar-refractivity contribution in [1.82, 2.24) is 19.5 Å².